The fourth-order valence-electron chi connectivity index (χ4n) is 1.73. The molecule has 0 saturated carbocycles. The zero-order valence-corrected chi connectivity index (χ0v) is 12.0. The highest BCUT2D eigenvalue weighted by atomic mass is 33.1. The second-order valence-electron chi connectivity index (χ2n) is 4.06. The zero-order chi connectivity index (χ0) is 14.5. The Kier molecular flexibility index (Phi) is 5.02. The number of hydrogen-bond donors (Lipinski definition) is 1. The molecule has 1 aromatic rings. The van der Waals surface area contributed by atoms with Gasteiger partial charge in [0.2, 0.25) is 11.8 Å². The quantitative estimate of drug-likeness (QED) is 0.632. The van der Waals surface area contributed by atoms with E-state index in [0.717, 1.165) is 4.90 Å². The van der Waals surface area contributed by atoms with Gasteiger partial charge >= 0.3 is 5.97 Å². The van der Waals surface area contributed by atoms with E-state index in [1.54, 1.807) is 18.3 Å². The van der Waals surface area contributed by atoms with Gasteiger partial charge in [-0.05, 0) is 22.9 Å². The number of likely N-dealkylation sites (tertiary alicyclic amines) is 1. The number of nitrogens with zero attached hydrogens (tertiary/aromatic N) is 2. The average Bonchev–Trinajstić information content (AvgIpc) is 2.75. The van der Waals surface area contributed by atoms with Gasteiger partial charge in [-0.15, -0.1) is 0 Å². The van der Waals surface area contributed by atoms with Crippen molar-refractivity contribution in [2.45, 2.75) is 29.7 Å². The summed E-state index contributed by atoms with van der Waals surface area (Å²) in [4.78, 5) is 39.5. The second kappa shape index (κ2) is 6.76. The molecule has 20 heavy (non-hydrogen) atoms. The number of carboxylic acid groups (broad SMARTS) is 1. The van der Waals surface area contributed by atoms with Gasteiger partial charge < -0.3 is 5.11 Å². The van der Waals surface area contributed by atoms with Crippen molar-refractivity contribution in [3.63, 3.8) is 0 Å². The van der Waals surface area contributed by atoms with E-state index in [2.05, 4.69) is 4.98 Å². The predicted molar refractivity (Wildman–Crippen MR) is 74.8 cm³/mol. The van der Waals surface area contributed by atoms with Crippen molar-refractivity contribution in [1.29, 1.82) is 0 Å². The number of carbonyl (C=O) groups is 3. The van der Waals surface area contributed by atoms with Crippen LogP contribution in [0.15, 0.2) is 29.4 Å². The minimum absolute atomic E-state index is 0.157. The first-order valence-electron chi connectivity index (χ1n) is 5.89. The van der Waals surface area contributed by atoms with E-state index < -0.39 is 11.3 Å². The van der Waals surface area contributed by atoms with Crippen molar-refractivity contribution in [2.75, 3.05) is 0 Å². The van der Waals surface area contributed by atoms with Crippen molar-refractivity contribution in [2.24, 2.45) is 0 Å². The maximum atomic E-state index is 11.7. The van der Waals surface area contributed by atoms with Gasteiger partial charge in [-0.3, -0.25) is 19.3 Å². The van der Waals surface area contributed by atoms with Crippen LogP contribution in [0.25, 0.3) is 0 Å². The SMILES string of the molecule is O=C(O)CC(SSc1ccccn1)N1C(=O)CCC1=O. The maximum Gasteiger partial charge on any atom is 0.306 e. The number of pyridine rings is 1. The van der Waals surface area contributed by atoms with Gasteiger partial charge in [0.05, 0.1) is 6.42 Å². The van der Waals surface area contributed by atoms with Crippen LogP contribution < -0.4 is 0 Å². The van der Waals surface area contributed by atoms with Gasteiger partial charge in [-0.25, -0.2) is 4.98 Å². The number of carboxylic acids is 1. The molecule has 0 aromatic carbocycles. The van der Waals surface area contributed by atoms with Crippen molar-refractivity contribution < 1.29 is 19.5 Å². The molecule has 1 aliphatic heterocycles. The Morgan fingerprint density at radius 2 is 2.05 bits per heavy atom. The minimum atomic E-state index is -1.04. The van der Waals surface area contributed by atoms with Crippen LogP contribution in [0.4, 0.5) is 0 Å². The summed E-state index contributed by atoms with van der Waals surface area (Å²) in [5.41, 5.74) is 0. The van der Waals surface area contributed by atoms with Crippen molar-refractivity contribution in [1.82, 2.24) is 9.88 Å². The molecule has 2 rings (SSSR count). The number of aromatic nitrogens is 1. The Labute approximate surface area is 123 Å². The molecule has 1 fully saturated rings. The smallest absolute Gasteiger partial charge is 0.306 e. The number of hydrogen-bond acceptors (Lipinski definition) is 6. The average molecular weight is 312 g/mol. The summed E-state index contributed by atoms with van der Waals surface area (Å²) in [6.45, 7) is 0. The van der Waals surface area contributed by atoms with Gasteiger partial charge in [-0.1, -0.05) is 16.9 Å². The maximum absolute atomic E-state index is 11.7. The molecule has 1 aromatic heterocycles. The number of rotatable bonds is 6. The van der Waals surface area contributed by atoms with Gasteiger partial charge in [-0.2, -0.15) is 0 Å². The molecule has 0 radical (unpaired) electrons. The highest BCUT2D eigenvalue weighted by Crippen LogP contribution is 2.37. The minimum Gasteiger partial charge on any atom is -0.481 e. The summed E-state index contributed by atoms with van der Waals surface area (Å²) in [7, 11) is 2.42. The fraction of sp³-hybridized carbons (Fsp3) is 0.333. The van der Waals surface area contributed by atoms with Crippen LogP contribution in [0.5, 0.6) is 0 Å². The molecule has 1 atom stereocenters. The number of carbonyl (C=O) groups excluding carboxylic acids is 2. The third-order valence-corrected chi connectivity index (χ3v) is 5.19. The highest BCUT2D eigenvalue weighted by Gasteiger charge is 2.36. The molecule has 2 amide bonds. The van der Waals surface area contributed by atoms with E-state index in [-0.39, 0.29) is 31.1 Å². The van der Waals surface area contributed by atoms with E-state index in [1.807, 2.05) is 6.07 Å². The van der Waals surface area contributed by atoms with Crippen LogP contribution >= 0.6 is 21.6 Å². The lowest BCUT2D eigenvalue weighted by molar-refractivity contribution is -0.141. The summed E-state index contributed by atoms with van der Waals surface area (Å²) in [5, 5.41) is 8.92. The van der Waals surface area contributed by atoms with Crippen LogP contribution in [0, 0.1) is 0 Å². The van der Waals surface area contributed by atoms with E-state index in [9.17, 15) is 14.4 Å². The van der Waals surface area contributed by atoms with Gasteiger partial charge in [0, 0.05) is 19.0 Å². The molecule has 2 heterocycles. The summed E-state index contributed by atoms with van der Waals surface area (Å²) in [5.74, 6) is -1.66. The Morgan fingerprint density at radius 1 is 1.35 bits per heavy atom. The third kappa shape index (κ3) is 3.73. The van der Waals surface area contributed by atoms with Crippen molar-refractivity contribution >= 4 is 39.4 Å². The molecule has 1 N–H and O–H groups in total. The molecule has 1 unspecified atom stereocenters. The normalized spacial score (nSPS) is 16.5. The molecule has 6 nitrogen and oxygen atoms in total. The summed E-state index contributed by atoms with van der Waals surface area (Å²) in [6.07, 6.45) is 1.66. The zero-order valence-electron chi connectivity index (χ0n) is 10.4. The van der Waals surface area contributed by atoms with Crippen LogP contribution in [-0.4, -0.2) is 38.1 Å². The van der Waals surface area contributed by atoms with Crippen LogP contribution in [0.2, 0.25) is 0 Å². The first-order chi connectivity index (χ1) is 9.58. The Morgan fingerprint density at radius 3 is 2.60 bits per heavy atom. The Balaban J connectivity index is 2.05. The molecule has 1 aliphatic rings. The predicted octanol–water partition coefficient (Wildman–Crippen LogP) is 1.77. The van der Waals surface area contributed by atoms with Gasteiger partial charge in [0.1, 0.15) is 10.4 Å². The van der Waals surface area contributed by atoms with Crippen LogP contribution in [0.1, 0.15) is 19.3 Å². The summed E-state index contributed by atoms with van der Waals surface area (Å²) >= 11 is 0. The van der Waals surface area contributed by atoms with Crippen LogP contribution in [0.3, 0.4) is 0 Å². The monoisotopic (exact) mass is 312 g/mol. The molecule has 1 saturated heterocycles. The molecular formula is C12H12N2O4S2. The Hall–Kier alpha value is -1.54. The van der Waals surface area contributed by atoms with E-state index in [1.165, 1.54) is 21.6 Å². The largest absolute Gasteiger partial charge is 0.481 e. The summed E-state index contributed by atoms with van der Waals surface area (Å²) < 4.78 is 0. The molecule has 0 spiro atoms. The van der Waals surface area contributed by atoms with E-state index in [0.29, 0.717) is 5.03 Å². The van der Waals surface area contributed by atoms with Crippen molar-refractivity contribution in [3.05, 3.63) is 24.4 Å². The molecule has 0 aliphatic carbocycles. The molecule has 0 bridgehead atoms. The summed E-state index contributed by atoms with van der Waals surface area (Å²) in [6, 6.07) is 5.37. The fourth-order valence-corrected chi connectivity index (χ4v) is 4.10. The lowest BCUT2D eigenvalue weighted by Crippen LogP contribution is -2.38. The van der Waals surface area contributed by atoms with Crippen molar-refractivity contribution in [3.8, 4) is 0 Å². The second-order valence-corrected chi connectivity index (χ2v) is 6.46. The molecular weight excluding hydrogens is 300 g/mol. The molecule has 106 valence electrons. The third-order valence-electron chi connectivity index (χ3n) is 2.61. The number of aliphatic carboxylic acids is 1. The standard InChI is InChI=1S/C12H12N2O4S2/c15-9-4-5-10(16)14(9)11(7-12(17)18)20-19-8-3-1-2-6-13-8/h1-3,6,11H,4-5,7H2,(H,17,18). The van der Waals surface area contributed by atoms with Gasteiger partial charge in [0.25, 0.3) is 0 Å². The van der Waals surface area contributed by atoms with E-state index >= 15 is 0 Å². The first kappa shape index (κ1) is 14.9. The van der Waals surface area contributed by atoms with E-state index in [4.69, 9.17) is 5.11 Å². The first-order valence-corrected chi connectivity index (χ1v) is 8.10. The Bertz CT molecular complexity index is 507. The van der Waals surface area contributed by atoms with Gasteiger partial charge in [0.15, 0.2) is 0 Å². The van der Waals surface area contributed by atoms with Crippen LogP contribution in [-0.2, 0) is 14.4 Å². The highest BCUT2D eigenvalue weighted by molar-refractivity contribution is 8.76. The topological polar surface area (TPSA) is 87.6 Å². The number of amides is 2. The lowest BCUT2D eigenvalue weighted by atomic mass is 10.4. The molecule has 8 heteroatoms. The lowest BCUT2D eigenvalue weighted by Gasteiger charge is -2.23. The number of imide groups is 1.